The molecule has 0 fully saturated rings. The molecule has 1 aromatic carbocycles. The molecule has 0 saturated carbocycles. The van der Waals surface area contributed by atoms with Gasteiger partial charge < -0.3 is 11.5 Å². The second-order valence-corrected chi connectivity index (χ2v) is 5.53. The Morgan fingerprint density at radius 2 is 1.84 bits per heavy atom. The van der Waals surface area contributed by atoms with Crippen molar-refractivity contribution in [2.45, 2.75) is 18.9 Å². The number of hydrogen-bond donors (Lipinski definition) is 2. The fourth-order valence-electron chi connectivity index (χ4n) is 2.83. The predicted octanol–water partition coefficient (Wildman–Crippen LogP) is 2.73. The maximum Gasteiger partial charge on any atom is 0.128 e. The van der Waals surface area contributed by atoms with Crippen LogP contribution < -0.4 is 11.5 Å². The van der Waals surface area contributed by atoms with Crippen LogP contribution in [0.4, 0.5) is 5.82 Å². The molecular weight excluding hydrogens is 258 g/mol. The zero-order chi connectivity index (χ0) is 13.4. The molecule has 98 valence electrons. The van der Waals surface area contributed by atoms with E-state index in [9.17, 15) is 0 Å². The van der Waals surface area contributed by atoms with Crippen LogP contribution in [0.2, 0.25) is 5.02 Å². The van der Waals surface area contributed by atoms with Crippen molar-refractivity contribution in [3.63, 3.8) is 0 Å². The number of rotatable bonds is 2. The molecule has 19 heavy (non-hydrogen) atoms. The molecule has 0 bridgehead atoms. The van der Waals surface area contributed by atoms with Gasteiger partial charge in [0.1, 0.15) is 5.82 Å². The van der Waals surface area contributed by atoms with Crippen molar-refractivity contribution in [2.75, 3.05) is 5.73 Å². The van der Waals surface area contributed by atoms with E-state index in [0.717, 1.165) is 18.4 Å². The summed E-state index contributed by atoms with van der Waals surface area (Å²) in [5, 5.41) is 0.579. The zero-order valence-corrected chi connectivity index (χ0v) is 11.3. The topological polar surface area (TPSA) is 64.9 Å². The van der Waals surface area contributed by atoms with E-state index in [1.165, 1.54) is 11.1 Å². The average molecular weight is 274 g/mol. The minimum Gasteiger partial charge on any atom is -0.383 e. The van der Waals surface area contributed by atoms with Crippen molar-refractivity contribution in [2.24, 2.45) is 11.7 Å². The summed E-state index contributed by atoms with van der Waals surface area (Å²) >= 11 is 5.98. The molecule has 0 aliphatic heterocycles. The van der Waals surface area contributed by atoms with E-state index in [0.29, 0.717) is 16.8 Å². The van der Waals surface area contributed by atoms with Gasteiger partial charge in [0.15, 0.2) is 0 Å². The highest BCUT2D eigenvalue weighted by molar-refractivity contribution is 6.30. The van der Waals surface area contributed by atoms with Crippen molar-refractivity contribution in [3.8, 4) is 0 Å². The highest BCUT2D eigenvalue weighted by atomic mass is 35.5. The summed E-state index contributed by atoms with van der Waals surface area (Å²) in [5.41, 5.74) is 15.9. The van der Waals surface area contributed by atoms with Crippen LogP contribution in [0, 0.1) is 5.92 Å². The number of nitrogens with zero attached hydrogens (tertiary/aromatic N) is 1. The predicted molar refractivity (Wildman–Crippen MR) is 77.9 cm³/mol. The Morgan fingerprint density at radius 3 is 2.47 bits per heavy atom. The second-order valence-electron chi connectivity index (χ2n) is 5.09. The molecular formula is C15H16ClN3. The van der Waals surface area contributed by atoms with Gasteiger partial charge in [0.25, 0.3) is 0 Å². The number of nitrogens with two attached hydrogens (primary N) is 2. The molecule has 1 aliphatic rings. The lowest BCUT2D eigenvalue weighted by atomic mass is 9.91. The van der Waals surface area contributed by atoms with Gasteiger partial charge in [-0.25, -0.2) is 4.98 Å². The fraction of sp³-hybridized carbons (Fsp3) is 0.267. The van der Waals surface area contributed by atoms with Gasteiger partial charge in [-0.3, -0.25) is 0 Å². The summed E-state index contributed by atoms with van der Waals surface area (Å²) in [6.07, 6.45) is 3.53. The Labute approximate surface area is 117 Å². The quantitative estimate of drug-likeness (QED) is 0.884. The van der Waals surface area contributed by atoms with E-state index in [4.69, 9.17) is 23.1 Å². The van der Waals surface area contributed by atoms with Crippen LogP contribution in [-0.4, -0.2) is 4.98 Å². The monoisotopic (exact) mass is 273 g/mol. The molecule has 0 saturated heterocycles. The second kappa shape index (κ2) is 4.83. The lowest BCUT2D eigenvalue weighted by molar-refractivity contribution is 0.454. The lowest BCUT2D eigenvalue weighted by Gasteiger charge is -2.20. The molecule has 1 aliphatic carbocycles. The molecule has 1 heterocycles. The normalized spacial score (nSPS) is 16.3. The van der Waals surface area contributed by atoms with Crippen LogP contribution in [0.3, 0.4) is 0 Å². The van der Waals surface area contributed by atoms with Gasteiger partial charge in [-0.05, 0) is 36.0 Å². The highest BCUT2D eigenvalue weighted by Crippen LogP contribution is 2.35. The van der Waals surface area contributed by atoms with Gasteiger partial charge in [0.2, 0.25) is 0 Å². The number of aromatic nitrogens is 1. The summed E-state index contributed by atoms with van der Waals surface area (Å²) in [6.45, 7) is 0. The molecule has 4 N–H and O–H groups in total. The molecule has 3 rings (SSSR count). The molecule has 3 nitrogen and oxygen atoms in total. The van der Waals surface area contributed by atoms with Gasteiger partial charge in [-0.2, -0.15) is 0 Å². The molecule has 1 aromatic heterocycles. The van der Waals surface area contributed by atoms with Crippen LogP contribution in [0.5, 0.6) is 0 Å². The molecule has 4 heteroatoms. The van der Waals surface area contributed by atoms with Crippen LogP contribution in [0.15, 0.2) is 36.5 Å². The molecule has 1 unspecified atom stereocenters. The molecule has 0 radical (unpaired) electrons. The minimum absolute atomic E-state index is 0.126. The van der Waals surface area contributed by atoms with Crippen LogP contribution >= 0.6 is 11.6 Å². The number of pyridine rings is 1. The van der Waals surface area contributed by atoms with Gasteiger partial charge in [0.05, 0.1) is 5.02 Å². The smallest absolute Gasteiger partial charge is 0.128 e. The fourth-order valence-corrected chi connectivity index (χ4v) is 3.00. The van der Waals surface area contributed by atoms with Gasteiger partial charge >= 0.3 is 0 Å². The number of nitrogen functional groups attached to an aromatic ring is 1. The van der Waals surface area contributed by atoms with Gasteiger partial charge in [0, 0.05) is 17.8 Å². The van der Waals surface area contributed by atoms with E-state index < -0.39 is 0 Å². The van der Waals surface area contributed by atoms with Crippen LogP contribution in [-0.2, 0) is 12.8 Å². The van der Waals surface area contributed by atoms with E-state index >= 15 is 0 Å². The van der Waals surface area contributed by atoms with E-state index in [1.807, 2.05) is 6.07 Å². The Kier molecular flexibility index (Phi) is 3.17. The van der Waals surface area contributed by atoms with Crippen LogP contribution in [0.25, 0.3) is 0 Å². The third-order valence-corrected chi connectivity index (χ3v) is 4.07. The first-order chi connectivity index (χ1) is 9.15. The minimum atomic E-state index is -0.126. The maximum atomic E-state index is 6.37. The van der Waals surface area contributed by atoms with E-state index in [1.54, 1.807) is 6.20 Å². The molecule has 0 amide bonds. The van der Waals surface area contributed by atoms with Gasteiger partial charge in [-0.15, -0.1) is 0 Å². The largest absolute Gasteiger partial charge is 0.383 e. The third-order valence-electron chi connectivity index (χ3n) is 3.87. The Bertz CT molecular complexity index is 587. The highest BCUT2D eigenvalue weighted by Gasteiger charge is 2.28. The number of fused-ring (bicyclic) bond motifs is 1. The summed E-state index contributed by atoms with van der Waals surface area (Å²) < 4.78 is 0. The third kappa shape index (κ3) is 2.31. The van der Waals surface area contributed by atoms with Crippen molar-refractivity contribution in [1.82, 2.24) is 4.98 Å². The summed E-state index contributed by atoms with van der Waals surface area (Å²) in [4.78, 5) is 4.09. The van der Waals surface area contributed by atoms with Gasteiger partial charge in [-0.1, -0.05) is 35.9 Å². The Morgan fingerprint density at radius 1 is 1.21 bits per heavy atom. The maximum absolute atomic E-state index is 6.37. The Balaban J connectivity index is 1.87. The SMILES string of the molecule is Nc1ncc(Cl)cc1C(N)C1Cc2ccccc2C1. The van der Waals surface area contributed by atoms with E-state index in [-0.39, 0.29) is 6.04 Å². The number of benzene rings is 1. The first-order valence-electron chi connectivity index (χ1n) is 6.38. The molecule has 0 spiro atoms. The van der Waals surface area contributed by atoms with Crippen molar-refractivity contribution in [3.05, 3.63) is 58.2 Å². The first kappa shape index (κ1) is 12.5. The van der Waals surface area contributed by atoms with Crippen LogP contribution in [0.1, 0.15) is 22.7 Å². The summed E-state index contributed by atoms with van der Waals surface area (Å²) in [6, 6.07) is 10.2. The number of hydrogen-bond acceptors (Lipinski definition) is 3. The first-order valence-corrected chi connectivity index (χ1v) is 6.76. The lowest BCUT2D eigenvalue weighted by Crippen LogP contribution is -2.23. The molecule has 2 aromatic rings. The van der Waals surface area contributed by atoms with Crippen molar-refractivity contribution < 1.29 is 0 Å². The summed E-state index contributed by atoms with van der Waals surface area (Å²) in [7, 11) is 0. The standard InChI is InChI=1S/C15H16ClN3/c16-12-7-13(15(18)19-8-12)14(17)11-5-9-3-1-2-4-10(9)6-11/h1-4,7-8,11,14H,5-6,17H2,(H2,18,19). The zero-order valence-electron chi connectivity index (χ0n) is 10.5. The number of anilines is 1. The number of halogens is 1. The van der Waals surface area contributed by atoms with Crippen molar-refractivity contribution >= 4 is 17.4 Å². The Hall–Kier alpha value is -1.58. The van der Waals surface area contributed by atoms with Crippen molar-refractivity contribution in [1.29, 1.82) is 0 Å². The summed E-state index contributed by atoms with van der Waals surface area (Å²) in [5.74, 6) is 0.841. The molecule has 1 atom stereocenters. The van der Waals surface area contributed by atoms with E-state index in [2.05, 4.69) is 29.2 Å². The average Bonchev–Trinajstić information content (AvgIpc) is 2.84.